The van der Waals surface area contributed by atoms with Crippen molar-refractivity contribution in [3.8, 4) is 12.3 Å². The van der Waals surface area contributed by atoms with Crippen LogP contribution in [-0.4, -0.2) is 45.4 Å². The molecule has 1 saturated heterocycles. The highest BCUT2D eigenvalue weighted by Crippen LogP contribution is 1.99. The Kier molecular flexibility index (Phi) is 4.35. The SMILES string of the molecule is C#CCCNS(=O)(=O)N1CCNCC1. The maximum Gasteiger partial charge on any atom is 0.279 e. The van der Waals surface area contributed by atoms with Crippen LogP contribution in [0.4, 0.5) is 0 Å². The standard InChI is InChI=1S/C8H15N3O2S/c1-2-3-4-10-14(12,13)11-7-5-9-6-8-11/h1,9-10H,3-8H2. The largest absolute Gasteiger partial charge is 0.314 e. The molecule has 5 nitrogen and oxygen atoms in total. The van der Waals surface area contributed by atoms with E-state index in [1.165, 1.54) is 4.31 Å². The lowest BCUT2D eigenvalue weighted by Gasteiger charge is -2.26. The van der Waals surface area contributed by atoms with Crippen LogP contribution in [0.5, 0.6) is 0 Å². The molecule has 1 rings (SSSR count). The van der Waals surface area contributed by atoms with Crippen molar-refractivity contribution in [3.63, 3.8) is 0 Å². The van der Waals surface area contributed by atoms with E-state index in [0.717, 1.165) is 0 Å². The summed E-state index contributed by atoms with van der Waals surface area (Å²) < 4.78 is 27.0. The second kappa shape index (κ2) is 5.32. The molecule has 0 atom stereocenters. The third-order valence-electron chi connectivity index (χ3n) is 1.97. The van der Waals surface area contributed by atoms with Crippen LogP contribution in [0, 0.1) is 12.3 Å². The zero-order valence-electron chi connectivity index (χ0n) is 7.99. The maximum atomic E-state index is 11.6. The summed E-state index contributed by atoms with van der Waals surface area (Å²) in [6.07, 6.45) is 5.45. The Hall–Kier alpha value is -0.610. The molecule has 6 heteroatoms. The Morgan fingerprint density at radius 3 is 2.64 bits per heavy atom. The van der Waals surface area contributed by atoms with Crippen molar-refractivity contribution < 1.29 is 8.42 Å². The van der Waals surface area contributed by atoms with Crippen LogP contribution in [0.25, 0.3) is 0 Å². The number of nitrogens with zero attached hydrogens (tertiary/aromatic N) is 1. The molecule has 14 heavy (non-hydrogen) atoms. The van der Waals surface area contributed by atoms with E-state index >= 15 is 0 Å². The fourth-order valence-corrected chi connectivity index (χ4v) is 2.43. The molecule has 0 aromatic carbocycles. The first-order valence-electron chi connectivity index (χ1n) is 4.56. The van der Waals surface area contributed by atoms with Gasteiger partial charge in [-0.05, 0) is 0 Å². The number of piperazine rings is 1. The molecule has 0 aliphatic carbocycles. The molecule has 1 heterocycles. The number of nitrogens with one attached hydrogen (secondary N) is 2. The van der Waals surface area contributed by atoms with Gasteiger partial charge in [0.15, 0.2) is 0 Å². The summed E-state index contributed by atoms with van der Waals surface area (Å²) in [6.45, 7) is 2.76. The Bertz CT molecular complexity index is 301. The lowest BCUT2D eigenvalue weighted by Crippen LogP contribution is -2.50. The molecule has 0 amide bonds. The molecule has 0 spiro atoms. The van der Waals surface area contributed by atoms with Crippen LogP contribution in [-0.2, 0) is 10.2 Å². The van der Waals surface area contributed by atoms with Crippen molar-refractivity contribution in [2.45, 2.75) is 6.42 Å². The second-order valence-corrected chi connectivity index (χ2v) is 4.76. The Morgan fingerprint density at radius 2 is 2.07 bits per heavy atom. The molecule has 0 aromatic heterocycles. The Morgan fingerprint density at radius 1 is 1.43 bits per heavy atom. The van der Waals surface area contributed by atoms with Crippen molar-refractivity contribution in [1.29, 1.82) is 0 Å². The van der Waals surface area contributed by atoms with Gasteiger partial charge in [0.25, 0.3) is 10.2 Å². The normalized spacial score (nSPS) is 19.1. The lowest BCUT2D eigenvalue weighted by atomic mass is 10.4. The van der Waals surface area contributed by atoms with Crippen LogP contribution >= 0.6 is 0 Å². The molecule has 1 fully saturated rings. The van der Waals surface area contributed by atoms with Crippen LogP contribution in [0.15, 0.2) is 0 Å². The highest BCUT2D eigenvalue weighted by atomic mass is 32.2. The van der Waals surface area contributed by atoms with E-state index in [9.17, 15) is 8.42 Å². The van der Waals surface area contributed by atoms with Gasteiger partial charge in [-0.15, -0.1) is 12.3 Å². The zero-order valence-corrected chi connectivity index (χ0v) is 8.81. The molecule has 0 aromatic rings. The Labute approximate surface area is 85.0 Å². The van der Waals surface area contributed by atoms with Crippen LogP contribution < -0.4 is 10.0 Å². The van der Waals surface area contributed by atoms with Gasteiger partial charge in [-0.1, -0.05) is 0 Å². The van der Waals surface area contributed by atoms with Gasteiger partial charge in [-0.3, -0.25) is 0 Å². The van der Waals surface area contributed by atoms with Gasteiger partial charge < -0.3 is 5.32 Å². The minimum absolute atomic E-state index is 0.308. The fraction of sp³-hybridized carbons (Fsp3) is 0.750. The van der Waals surface area contributed by atoms with Gasteiger partial charge in [0, 0.05) is 39.1 Å². The molecular formula is C8H15N3O2S. The predicted molar refractivity (Wildman–Crippen MR) is 54.8 cm³/mol. The molecule has 0 unspecified atom stereocenters. The average molecular weight is 217 g/mol. The Balaban J connectivity index is 2.43. The minimum Gasteiger partial charge on any atom is -0.314 e. The lowest BCUT2D eigenvalue weighted by molar-refractivity contribution is 0.355. The van der Waals surface area contributed by atoms with Gasteiger partial charge in [0.2, 0.25) is 0 Å². The summed E-state index contributed by atoms with van der Waals surface area (Å²) in [7, 11) is -3.31. The number of terminal acetylenes is 1. The molecular weight excluding hydrogens is 202 g/mol. The van der Waals surface area contributed by atoms with Crippen LogP contribution in [0.1, 0.15) is 6.42 Å². The van der Waals surface area contributed by atoms with Gasteiger partial charge in [-0.25, -0.2) is 4.72 Å². The summed E-state index contributed by atoms with van der Waals surface area (Å²) in [5, 5.41) is 3.09. The summed E-state index contributed by atoms with van der Waals surface area (Å²) in [6, 6.07) is 0. The smallest absolute Gasteiger partial charge is 0.279 e. The van der Waals surface area contributed by atoms with E-state index < -0.39 is 10.2 Å². The van der Waals surface area contributed by atoms with Gasteiger partial charge in [-0.2, -0.15) is 12.7 Å². The van der Waals surface area contributed by atoms with Crippen LogP contribution in [0.2, 0.25) is 0 Å². The molecule has 0 radical (unpaired) electrons. The third kappa shape index (κ3) is 3.27. The van der Waals surface area contributed by atoms with Crippen molar-refractivity contribution in [3.05, 3.63) is 0 Å². The number of hydrogen-bond donors (Lipinski definition) is 2. The topological polar surface area (TPSA) is 61.4 Å². The van der Waals surface area contributed by atoms with Crippen molar-refractivity contribution >= 4 is 10.2 Å². The molecule has 0 saturated carbocycles. The number of hydrogen-bond acceptors (Lipinski definition) is 3. The van der Waals surface area contributed by atoms with E-state index in [-0.39, 0.29) is 0 Å². The minimum atomic E-state index is -3.31. The monoisotopic (exact) mass is 217 g/mol. The predicted octanol–water partition coefficient (Wildman–Crippen LogP) is -1.25. The fourth-order valence-electron chi connectivity index (χ4n) is 1.23. The first kappa shape index (κ1) is 11.5. The van der Waals surface area contributed by atoms with Crippen LogP contribution in [0.3, 0.4) is 0 Å². The van der Waals surface area contributed by atoms with Crippen molar-refractivity contribution in [2.75, 3.05) is 32.7 Å². The summed E-state index contributed by atoms with van der Waals surface area (Å²) in [4.78, 5) is 0. The van der Waals surface area contributed by atoms with Crippen molar-refractivity contribution in [1.82, 2.24) is 14.3 Å². The highest BCUT2D eigenvalue weighted by molar-refractivity contribution is 7.87. The molecule has 80 valence electrons. The first-order chi connectivity index (χ1) is 6.67. The molecule has 1 aliphatic heterocycles. The maximum absolute atomic E-state index is 11.6. The molecule has 0 bridgehead atoms. The second-order valence-electron chi connectivity index (χ2n) is 3.00. The first-order valence-corrected chi connectivity index (χ1v) is 6.00. The van der Waals surface area contributed by atoms with E-state index in [1.807, 2.05) is 0 Å². The quantitative estimate of drug-likeness (QED) is 0.457. The van der Waals surface area contributed by atoms with Gasteiger partial charge in [0.05, 0.1) is 0 Å². The highest BCUT2D eigenvalue weighted by Gasteiger charge is 2.22. The van der Waals surface area contributed by atoms with E-state index in [4.69, 9.17) is 6.42 Å². The summed E-state index contributed by atoms with van der Waals surface area (Å²) >= 11 is 0. The molecule has 1 aliphatic rings. The summed E-state index contributed by atoms with van der Waals surface area (Å²) in [5.41, 5.74) is 0. The third-order valence-corrected chi connectivity index (χ3v) is 3.58. The number of rotatable bonds is 4. The molecule has 2 N–H and O–H groups in total. The van der Waals surface area contributed by atoms with E-state index in [2.05, 4.69) is 16.0 Å². The zero-order chi connectivity index (χ0) is 10.4. The van der Waals surface area contributed by atoms with Gasteiger partial charge in [0.1, 0.15) is 0 Å². The average Bonchev–Trinajstić information content (AvgIpc) is 2.19. The summed E-state index contributed by atoms with van der Waals surface area (Å²) in [5.74, 6) is 2.39. The van der Waals surface area contributed by atoms with E-state index in [1.54, 1.807) is 0 Å². The van der Waals surface area contributed by atoms with Crippen molar-refractivity contribution in [2.24, 2.45) is 0 Å². The van der Waals surface area contributed by atoms with Gasteiger partial charge >= 0.3 is 0 Å². The van der Waals surface area contributed by atoms with E-state index in [0.29, 0.717) is 39.1 Å².